The predicted molar refractivity (Wildman–Crippen MR) is 94.1 cm³/mol. The van der Waals surface area contributed by atoms with Crippen LogP contribution in [0.5, 0.6) is 0 Å². The second-order valence-electron chi connectivity index (χ2n) is 5.35. The van der Waals surface area contributed by atoms with Crippen LogP contribution in [-0.4, -0.2) is 16.1 Å². The van der Waals surface area contributed by atoms with Gasteiger partial charge in [-0.3, -0.25) is 0 Å². The molecule has 1 aromatic heterocycles. The molecule has 0 saturated carbocycles. The number of aryl methyl sites for hydroxylation is 1. The van der Waals surface area contributed by atoms with E-state index >= 15 is 0 Å². The zero-order chi connectivity index (χ0) is 16.4. The summed E-state index contributed by atoms with van der Waals surface area (Å²) < 4.78 is 0. The molecule has 1 heterocycles. The minimum atomic E-state index is -0.899. The van der Waals surface area contributed by atoms with Gasteiger partial charge in [-0.2, -0.15) is 0 Å². The van der Waals surface area contributed by atoms with Crippen molar-refractivity contribution >= 4 is 17.3 Å². The molecule has 2 aromatic carbocycles. The highest BCUT2D eigenvalue weighted by Gasteiger charge is 2.17. The van der Waals surface area contributed by atoms with Crippen LogP contribution in [0.4, 0.5) is 0 Å². The molecule has 0 spiro atoms. The van der Waals surface area contributed by atoms with E-state index in [1.165, 1.54) is 0 Å². The van der Waals surface area contributed by atoms with E-state index < -0.39 is 5.97 Å². The van der Waals surface area contributed by atoms with Crippen molar-refractivity contribution in [3.05, 3.63) is 64.8 Å². The summed E-state index contributed by atoms with van der Waals surface area (Å²) >= 11 is 1.56. The number of aromatic carboxylic acids is 1. The Balaban J connectivity index is 2.27. The van der Waals surface area contributed by atoms with E-state index in [0.717, 1.165) is 39.2 Å². The molecule has 4 heteroatoms. The van der Waals surface area contributed by atoms with Gasteiger partial charge >= 0.3 is 5.97 Å². The number of thiazole rings is 1. The van der Waals surface area contributed by atoms with E-state index in [4.69, 9.17) is 0 Å². The molecule has 0 aliphatic rings. The molecule has 0 bridgehead atoms. The van der Waals surface area contributed by atoms with Crippen LogP contribution in [0.3, 0.4) is 0 Å². The summed E-state index contributed by atoms with van der Waals surface area (Å²) in [6.07, 6.45) is 0.830. The van der Waals surface area contributed by atoms with Crippen molar-refractivity contribution in [2.45, 2.75) is 20.3 Å². The molecule has 3 rings (SSSR count). The van der Waals surface area contributed by atoms with Gasteiger partial charge in [0.25, 0.3) is 0 Å². The zero-order valence-corrected chi connectivity index (χ0v) is 13.9. The zero-order valence-electron chi connectivity index (χ0n) is 13.0. The van der Waals surface area contributed by atoms with Crippen LogP contribution in [0.25, 0.3) is 21.6 Å². The van der Waals surface area contributed by atoms with E-state index in [0.29, 0.717) is 5.56 Å². The fourth-order valence-electron chi connectivity index (χ4n) is 2.71. The van der Waals surface area contributed by atoms with Gasteiger partial charge in [0.1, 0.15) is 0 Å². The van der Waals surface area contributed by atoms with Crippen LogP contribution in [-0.2, 0) is 6.42 Å². The quantitative estimate of drug-likeness (QED) is 0.731. The molecule has 0 amide bonds. The van der Waals surface area contributed by atoms with Crippen LogP contribution in [0.15, 0.2) is 48.0 Å². The molecule has 116 valence electrons. The molecular formula is C19H17NO2S. The van der Waals surface area contributed by atoms with E-state index in [9.17, 15) is 9.90 Å². The van der Waals surface area contributed by atoms with Crippen LogP contribution >= 0.6 is 11.3 Å². The van der Waals surface area contributed by atoms with Gasteiger partial charge in [0.2, 0.25) is 0 Å². The van der Waals surface area contributed by atoms with Gasteiger partial charge in [0, 0.05) is 0 Å². The Hall–Kier alpha value is -2.46. The lowest BCUT2D eigenvalue weighted by Gasteiger charge is -2.12. The average Bonchev–Trinajstić information content (AvgIpc) is 3.04. The number of hydrogen-bond donors (Lipinski definition) is 1. The molecule has 0 aliphatic heterocycles. The Morgan fingerprint density at radius 1 is 1.17 bits per heavy atom. The fourth-order valence-corrected chi connectivity index (χ4v) is 3.67. The van der Waals surface area contributed by atoms with Crippen molar-refractivity contribution in [1.29, 1.82) is 0 Å². The number of aromatic nitrogens is 1. The lowest BCUT2D eigenvalue weighted by atomic mass is 9.93. The fraction of sp³-hybridized carbons (Fsp3) is 0.158. The molecule has 23 heavy (non-hydrogen) atoms. The Morgan fingerprint density at radius 3 is 2.57 bits per heavy atom. The van der Waals surface area contributed by atoms with E-state index in [2.05, 4.69) is 18.0 Å². The first-order valence-corrected chi connectivity index (χ1v) is 8.36. The first-order chi connectivity index (χ1) is 11.1. The maximum Gasteiger partial charge on any atom is 0.335 e. The second kappa shape index (κ2) is 6.34. The van der Waals surface area contributed by atoms with Gasteiger partial charge in [0.15, 0.2) is 0 Å². The molecule has 0 aliphatic carbocycles. The standard InChI is InChI=1S/C19H17NO2S/c1-3-17-18(23-11-20-17)15-9-14(13-7-5-4-6-8-13)10-16(12(15)2)19(21)22/h4-11H,3H2,1-2H3,(H,21,22). The number of carboxylic acid groups (broad SMARTS) is 1. The molecule has 0 saturated heterocycles. The maximum absolute atomic E-state index is 11.7. The predicted octanol–water partition coefficient (Wildman–Crippen LogP) is 5.05. The number of nitrogens with zero attached hydrogens (tertiary/aromatic N) is 1. The van der Waals surface area contributed by atoms with Crippen LogP contribution in [0.2, 0.25) is 0 Å². The van der Waals surface area contributed by atoms with Crippen molar-refractivity contribution in [3.8, 4) is 21.6 Å². The Kier molecular flexibility index (Phi) is 4.26. The Labute approximate surface area is 139 Å². The van der Waals surface area contributed by atoms with Gasteiger partial charge in [0.05, 0.1) is 21.6 Å². The summed E-state index contributed by atoms with van der Waals surface area (Å²) in [5.74, 6) is -0.899. The highest BCUT2D eigenvalue weighted by atomic mass is 32.1. The minimum Gasteiger partial charge on any atom is -0.478 e. The van der Waals surface area contributed by atoms with Crippen molar-refractivity contribution in [2.75, 3.05) is 0 Å². The van der Waals surface area contributed by atoms with Gasteiger partial charge < -0.3 is 5.11 Å². The first-order valence-electron chi connectivity index (χ1n) is 7.48. The largest absolute Gasteiger partial charge is 0.478 e. The van der Waals surface area contributed by atoms with Crippen molar-refractivity contribution in [3.63, 3.8) is 0 Å². The summed E-state index contributed by atoms with van der Waals surface area (Å²) in [7, 11) is 0. The highest BCUT2D eigenvalue weighted by Crippen LogP contribution is 2.36. The van der Waals surface area contributed by atoms with E-state index in [1.807, 2.05) is 42.8 Å². The van der Waals surface area contributed by atoms with Gasteiger partial charge in [-0.25, -0.2) is 9.78 Å². The summed E-state index contributed by atoms with van der Waals surface area (Å²) in [4.78, 5) is 17.1. The van der Waals surface area contributed by atoms with Crippen molar-refractivity contribution in [1.82, 2.24) is 4.98 Å². The SMILES string of the molecule is CCc1ncsc1-c1cc(-c2ccccc2)cc(C(=O)O)c1C. The van der Waals surface area contributed by atoms with Crippen LogP contribution in [0.1, 0.15) is 28.5 Å². The molecule has 3 nitrogen and oxygen atoms in total. The van der Waals surface area contributed by atoms with E-state index in [1.54, 1.807) is 17.4 Å². The molecule has 0 atom stereocenters. The third-order valence-corrected chi connectivity index (χ3v) is 4.87. The van der Waals surface area contributed by atoms with Gasteiger partial charge in [-0.05, 0) is 47.7 Å². The Morgan fingerprint density at radius 2 is 1.91 bits per heavy atom. The third-order valence-electron chi connectivity index (χ3n) is 3.97. The molecule has 0 unspecified atom stereocenters. The monoisotopic (exact) mass is 323 g/mol. The van der Waals surface area contributed by atoms with E-state index in [-0.39, 0.29) is 0 Å². The van der Waals surface area contributed by atoms with Gasteiger partial charge in [-0.15, -0.1) is 11.3 Å². The summed E-state index contributed by atoms with van der Waals surface area (Å²) in [5.41, 5.74) is 6.86. The minimum absolute atomic E-state index is 0.344. The van der Waals surface area contributed by atoms with Crippen molar-refractivity contribution in [2.24, 2.45) is 0 Å². The highest BCUT2D eigenvalue weighted by molar-refractivity contribution is 7.13. The van der Waals surface area contributed by atoms with Crippen LogP contribution in [0, 0.1) is 6.92 Å². The van der Waals surface area contributed by atoms with Crippen LogP contribution < -0.4 is 0 Å². The summed E-state index contributed by atoms with van der Waals surface area (Å²) in [6.45, 7) is 3.93. The lowest BCUT2D eigenvalue weighted by Crippen LogP contribution is -2.02. The first kappa shape index (κ1) is 15.4. The smallest absolute Gasteiger partial charge is 0.335 e. The average molecular weight is 323 g/mol. The number of hydrogen-bond acceptors (Lipinski definition) is 3. The summed E-state index contributed by atoms with van der Waals surface area (Å²) in [6, 6.07) is 13.7. The van der Waals surface area contributed by atoms with Crippen molar-refractivity contribution < 1.29 is 9.90 Å². The molecule has 0 radical (unpaired) electrons. The number of carbonyl (C=O) groups is 1. The normalized spacial score (nSPS) is 10.7. The Bertz CT molecular complexity index is 853. The lowest BCUT2D eigenvalue weighted by molar-refractivity contribution is 0.0696. The molecular weight excluding hydrogens is 306 g/mol. The number of rotatable bonds is 4. The second-order valence-corrected chi connectivity index (χ2v) is 6.20. The number of benzene rings is 2. The third kappa shape index (κ3) is 2.90. The molecule has 1 N–H and O–H groups in total. The maximum atomic E-state index is 11.7. The topological polar surface area (TPSA) is 50.2 Å². The molecule has 0 fully saturated rings. The number of carboxylic acids is 1. The van der Waals surface area contributed by atoms with Gasteiger partial charge in [-0.1, -0.05) is 37.3 Å². The summed E-state index contributed by atoms with van der Waals surface area (Å²) in [5, 5.41) is 9.57. The molecule has 3 aromatic rings.